The average Bonchev–Trinajstić information content (AvgIpc) is 2.54. The van der Waals surface area contributed by atoms with E-state index in [1.54, 1.807) is 17.8 Å². The normalized spacial score (nSPS) is 19.0. The molecule has 0 spiro atoms. The Hall–Kier alpha value is -1.36. The van der Waals surface area contributed by atoms with E-state index >= 15 is 0 Å². The number of aliphatic hydroxyl groups excluding tert-OH is 1. The van der Waals surface area contributed by atoms with E-state index in [0.29, 0.717) is 6.54 Å². The Morgan fingerprint density at radius 2 is 2.00 bits per heavy atom. The van der Waals surface area contributed by atoms with Gasteiger partial charge in [-0.2, -0.15) is 0 Å². The number of rotatable bonds is 4. The molecule has 2 aromatic carbocycles. The van der Waals surface area contributed by atoms with Crippen molar-refractivity contribution in [2.45, 2.75) is 23.5 Å². The van der Waals surface area contributed by atoms with Crippen LogP contribution in [0.25, 0.3) is 0 Å². The van der Waals surface area contributed by atoms with E-state index in [-0.39, 0.29) is 11.9 Å². The number of aliphatic hydroxyl groups is 1. The zero-order chi connectivity index (χ0) is 14.7. The number of benzene rings is 2. The van der Waals surface area contributed by atoms with E-state index in [1.165, 1.54) is 6.07 Å². The highest BCUT2D eigenvalue weighted by molar-refractivity contribution is 7.99. The van der Waals surface area contributed by atoms with Gasteiger partial charge in [0, 0.05) is 17.5 Å². The standard InChI is InChI=1S/C17H18FNOS/c18-14-8-4-7-13-15(9-10-21-17(13)14)19-11-16(20)12-5-2-1-3-6-12/h1-8,15-16,19-20H,9-11H2. The fourth-order valence-corrected chi connectivity index (χ4v) is 3.79. The molecule has 21 heavy (non-hydrogen) atoms. The molecule has 0 radical (unpaired) electrons. The van der Waals surface area contributed by atoms with Crippen molar-refractivity contribution < 1.29 is 9.50 Å². The summed E-state index contributed by atoms with van der Waals surface area (Å²) in [5.41, 5.74) is 1.90. The highest BCUT2D eigenvalue weighted by atomic mass is 32.2. The van der Waals surface area contributed by atoms with Crippen molar-refractivity contribution in [2.75, 3.05) is 12.3 Å². The lowest BCUT2D eigenvalue weighted by atomic mass is 10.0. The van der Waals surface area contributed by atoms with E-state index in [2.05, 4.69) is 5.32 Å². The molecule has 3 rings (SSSR count). The minimum Gasteiger partial charge on any atom is -0.387 e. The van der Waals surface area contributed by atoms with Crippen molar-refractivity contribution >= 4 is 11.8 Å². The van der Waals surface area contributed by atoms with Crippen LogP contribution in [0.15, 0.2) is 53.4 Å². The summed E-state index contributed by atoms with van der Waals surface area (Å²) in [6.45, 7) is 0.468. The van der Waals surface area contributed by atoms with E-state index < -0.39 is 6.10 Å². The van der Waals surface area contributed by atoms with Crippen molar-refractivity contribution in [2.24, 2.45) is 0 Å². The van der Waals surface area contributed by atoms with Crippen LogP contribution in [-0.4, -0.2) is 17.4 Å². The smallest absolute Gasteiger partial charge is 0.137 e. The van der Waals surface area contributed by atoms with Crippen LogP contribution in [-0.2, 0) is 0 Å². The van der Waals surface area contributed by atoms with Crippen LogP contribution >= 0.6 is 11.8 Å². The number of hydrogen-bond acceptors (Lipinski definition) is 3. The third-order valence-electron chi connectivity index (χ3n) is 3.77. The van der Waals surface area contributed by atoms with Crippen molar-refractivity contribution in [1.29, 1.82) is 0 Å². The molecule has 0 saturated carbocycles. The number of halogens is 1. The maximum atomic E-state index is 13.8. The first-order valence-electron chi connectivity index (χ1n) is 7.13. The Morgan fingerprint density at radius 3 is 2.81 bits per heavy atom. The molecule has 2 atom stereocenters. The Labute approximate surface area is 128 Å². The first-order chi connectivity index (χ1) is 10.3. The quantitative estimate of drug-likeness (QED) is 0.903. The minimum absolute atomic E-state index is 0.107. The van der Waals surface area contributed by atoms with Gasteiger partial charge in [-0.15, -0.1) is 11.8 Å². The maximum absolute atomic E-state index is 13.8. The predicted octanol–water partition coefficient (Wildman–Crippen LogP) is 3.69. The molecule has 1 heterocycles. The topological polar surface area (TPSA) is 32.3 Å². The lowest BCUT2D eigenvalue weighted by molar-refractivity contribution is 0.169. The monoisotopic (exact) mass is 303 g/mol. The Bertz CT molecular complexity index is 605. The third-order valence-corrected chi connectivity index (χ3v) is 4.93. The van der Waals surface area contributed by atoms with Gasteiger partial charge in [-0.05, 0) is 29.4 Å². The van der Waals surface area contributed by atoms with Gasteiger partial charge < -0.3 is 10.4 Å². The fourth-order valence-electron chi connectivity index (χ4n) is 2.65. The van der Waals surface area contributed by atoms with Gasteiger partial charge in [0.1, 0.15) is 5.82 Å². The second-order valence-electron chi connectivity index (χ2n) is 5.18. The van der Waals surface area contributed by atoms with Crippen LogP contribution in [0.3, 0.4) is 0 Å². The largest absolute Gasteiger partial charge is 0.387 e. The first-order valence-corrected chi connectivity index (χ1v) is 8.12. The maximum Gasteiger partial charge on any atom is 0.137 e. The Kier molecular flexibility index (Phi) is 4.58. The van der Waals surface area contributed by atoms with Gasteiger partial charge in [0.05, 0.1) is 6.10 Å². The second-order valence-corrected chi connectivity index (χ2v) is 6.29. The van der Waals surface area contributed by atoms with Crippen molar-refractivity contribution in [1.82, 2.24) is 5.32 Å². The van der Waals surface area contributed by atoms with E-state index in [0.717, 1.165) is 28.2 Å². The van der Waals surface area contributed by atoms with Gasteiger partial charge in [-0.1, -0.05) is 42.5 Å². The molecule has 2 N–H and O–H groups in total. The first kappa shape index (κ1) is 14.6. The lowest BCUT2D eigenvalue weighted by Crippen LogP contribution is -2.29. The third kappa shape index (κ3) is 3.28. The molecule has 0 aromatic heterocycles. The van der Waals surface area contributed by atoms with Crippen LogP contribution in [0.4, 0.5) is 4.39 Å². The van der Waals surface area contributed by atoms with Gasteiger partial charge in [0.2, 0.25) is 0 Å². The SMILES string of the molecule is OC(CNC1CCSc2c(F)cccc21)c1ccccc1. The molecule has 0 bridgehead atoms. The zero-order valence-electron chi connectivity index (χ0n) is 11.6. The number of thioether (sulfide) groups is 1. The van der Waals surface area contributed by atoms with Crippen LogP contribution in [0.2, 0.25) is 0 Å². The van der Waals surface area contributed by atoms with Gasteiger partial charge in [-0.3, -0.25) is 0 Å². The van der Waals surface area contributed by atoms with E-state index in [4.69, 9.17) is 0 Å². The molecule has 110 valence electrons. The molecule has 2 unspecified atom stereocenters. The highest BCUT2D eigenvalue weighted by Crippen LogP contribution is 2.37. The molecule has 2 nitrogen and oxygen atoms in total. The number of nitrogens with one attached hydrogen (secondary N) is 1. The molecule has 1 aliphatic heterocycles. The summed E-state index contributed by atoms with van der Waals surface area (Å²) in [5.74, 6) is 0.750. The molecular weight excluding hydrogens is 285 g/mol. The number of fused-ring (bicyclic) bond motifs is 1. The zero-order valence-corrected chi connectivity index (χ0v) is 12.4. The molecule has 2 aromatic rings. The van der Waals surface area contributed by atoms with Crippen molar-refractivity contribution in [3.05, 3.63) is 65.5 Å². The summed E-state index contributed by atoms with van der Waals surface area (Å²) in [6, 6.07) is 14.9. The summed E-state index contributed by atoms with van der Waals surface area (Å²) in [4.78, 5) is 0.746. The summed E-state index contributed by atoms with van der Waals surface area (Å²) in [5, 5.41) is 13.6. The summed E-state index contributed by atoms with van der Waals surface area (Å²) >= 11 is 1.57. The van der Waals surface area contributed by atoms with Crippen molar-refractivity contribution in [3.8, 4) is 0 Å². The molecule has 0 amide bonds. The Morgan fingerprint density at radius 1 is 1.19 bits per heavy atom. The van der Waals surface area contributed by atoms with Crippen LogP contribution in [0.5, 0.6) is 0 Å². The van der Waals surface area contributed by atoms with Gasteiger partial charge in [0.25, 0.3) is 0 Å². The predicted molar refractivity (Wildman–Crippen MR) is 83.9 cm³/mol. The van der Waals surface area contributed by atoms with E-state index in [9.17, 15) is 9.50 Å². The number of hydrogen-bond donors (Lipinski definition) is 2. The summed E-state index contributed by atoms with van der Waals surface area (Å²) in [6.07, 6.45) is 0.403. The molecule has 0 fully saturated rings. The molecule has 1 aliphatic rings. The highest BCUT2D eigenvalue weighted by Gasteiger charge is 2.23. The fraction of sp³-hybridized carbons (Fsp3) is 0.294. The van der Waals surface area contributed by atoms with E-state index in [1.807, 2.05) is 36.4 Å². The van der Waals surface area contributed by atoms with Gasteiger partial charge in [0.15, 0.2) is 0 Å². The van der Waals surface area contributed by atoms with Crippen LogP contribution < -0.4 is 5.32 Å². The van der Waals surface area contributed by atoms with Crippen molar-refractivity contribution in [3.63, 3.8) is 0 Å². The molecular formula is C17H18FNOS. The van der Waals surface area contributed by atoms with Gasteiger partial charge in [-0.25, -0.2) is 4.39 Å². The molecule has 4 heteroatoms. The van der Waals surface area contributed by atoms with Gasteiger partial charge >= 0.3 is 0 Å². The van der Waals surface area contributed by atoms with Crippen LogP contribution in [0, 0.1) is 5.82 Å². The Balaban J connectivity index is 1.69. The summed E-state index contributed by atoms with van der Waals surface area (Å²) < 4.78 is 13.8. The minimum atomic E-state index is -0.544. The molecule has 0 saturated heterocycles. The lowest BCUT2D eigenvalue weighted by Gasteiger charge is -2.27. The average molecular weight is 303 g/mol. The second kappa shape index (κ2) is 6.60. The van der Waals surface area contributed by atoms with Crippen LogP contribution in [0.1, 0.15) is 29.7 Å². The summed E-state index contributed by atoms with van der Waals surface area (Å²) in [7, 11) is 0. The molecule has 0 aliphatic carbocycles.